The van der Waals surface area contributed by atoms with E-state index in [4.69, 9.17) is 9.78 Å². The van der Waals surface area contributed by atoms with Gasteiger partial charge in [0.15, 0.2) is 0 Å². The summed E-state index contributed by atoms with van der Waals surface area (Å²) in [6.45, 7) is 11.4. The molecule has 0 aromatic heterocycles. The minimum atomic E-state index is -0.949. The number of hydrogen-bond acceptors (Lipinski definition) is 6. The Bertz CT molecular complexity index is 598. The van der Waals surface area contributed by atoms with Crippen LogP contribution in [0.4, 0.5) is 0 Å². The van der Waals surface area contributed by atoms with E-state index in [2.05, 4.69) is 13.8 Å². The fourth-order valence-corrected chi connectivity index (χ4v) is 4.72. The van der Waals surface area contributed by atoms with Crippen LogP contribution in [0.1, 0.15) is 157 Å². The molecule has 0 rings (SSSR count). The average Bonchev–Trinajstić information content (AvgIpc) is 2.89. The minimum Gasteiger partial charge on any atom is -0.298 e. The van der Waals surface area contributed by atoms with Crippen molar-refractivity contribution in [2.24, 2.45) is 23.7 Å². The first-order valence-corrected chi connectivity index (χ1v) is 15.7. The second-order valence-corrected chi connectivity index (χ2v) is 11.6. The third-order valence-corrected chi connectivity index (χ3v) is 7.29. The van der Waals surface area contributed by atoms with Crippen LogP contribution >= 0.6 is 0 Å². The SMILES string of the molecule is CCCCCCCCCCC(C(=O)OOC(=O)C(CCCCCCCCCC)C(=O)C(C)C)C(=O)C(C)C. The summed E-state index contributed by atoms with van der Waals surface area (Å²) in [5, 5.41) is 0. The van der Waals surface area contributed by atoms with Crippen LogP contribution < -0.4 is 0 Å². The number of ketones is 2. The molecule has 0 fully saturated rings. The van der Waals surface area contributed by atoms with E-state index in [1.54, 1.807) is 27.7 Å². The van der Waals surface area contributed by atoms with Crippen molar-refractivity contribution in [3.8, 4) is 0 Å². The molecule has 0 amide bonds. The number of rotatable bonds is 24. The van der Waals surface area contributed by atoms with Gasteiger partial charge >= 0.3 is 11.9 Å². The van der Waals surface area contributed by atoms with Gasteiger partial charge in [0.2, 0.25) is 0 Å². The molecule has 0 aliphatic rings. The maximum atomic E-state index is 12.8. The van der Waals surface area contributed by atoms with Crippen LogP contribution in [0.15, 0.2) is 0 Å². The van der Waals surface area contributed by atoms with E-state index < -0.39 is 23.8 Å². The van der Waals surface area contributed by atoms with Gasteiger partial charge in [0.05, 0.1) is 0 Å². The molecule has 0 aliphatic carbocycles. The van der Waals surface area contributed by atoms with Crippen molar-refractivity contribution >= 4 is 23.5 Å². The summed E-state index contributed by atoms with van der Waals surface area (Å²) < 4.78 is 0. The van der Waals surface area contributed by atoms with Gasteiger partial charge < -0.3 is 0 Å². The molecular formula is C32H58O6. The lowest BCUT2D eigenvalue weighted by Crippen LogP contribution is -2.33. The van der Waals surface area contributed by atoms with Crippen molar-refractivity contribution in [1.82, 2.24) is 0 Å². The highest BCUT2D eigenvalue weighted by atomic mass is 17.2. The normalized spacial score (nSPS) is 12.9. The standard InChI is InChI=1S/C32H58O6/c1-7-9-11-13-15-17-19-21-23-27(29(33)25(3)4)31(35)37-38-32(36)28(30(34)26(5)6)24-22-20-18-16-14-12-10-8-2/h25-28H,7-24H2,1-6H3. The first-order valence-electron chi connectivity index (χ1n) is 15.7. The zero-order chi connectivity index (χ0) is 28.8. The first-order chi connectivity index (χ1) is 18.2. The third kappa shape index (κ3) is 17.0. The second kappa shape index (κ2) is 23.2. The third-order valence-electron chi connectivity index (χ3n) is 7.29. The van der Waals surface area contributed by atoms with E-state index in [1.165, 1.54) is 51.4 Å². The smallest absolute Gasteiger partial charge is 0.298 e. The number of carbonyl (C=O) groups is 4. The molecule has 0 saturated carbocycles. The van der Waals surface area contributed by atoms with Gasteiger partial charge in [0, 0.05) is 11.8 Å². The lowest BCUT2D eigenvalue weighted by Gasteiger charge is -2.18. The molecule has 2 unspecified atom stereocenters. The highest BCUT2D eigenvalue weighted by molar-refractivity contribution is 6.01. The van der Waals surface area contributed by atoms with Crippen LogP contribution in [0.3, 0.4) is 0 Å². The van der Waals surface area contributed by atoms with Gasteiger partial charge in [0.1, 0.15) is 23.4 Å². The van der Waals surface area contributed by atoms with E-state index in [0.29, 0.717) is 12.8 Å². The number of Topliss-reactive ketones (excluding diaryl/α,β-unsaturated/α-hetero) is 2. The molecule has 6 heteroatoms. The monoisotopic (exact) mass is 538 g/mol. The summed E-state index contributed by atoms with van der Waals surface area (Å²) in [7, 11) is 0. The highest BCUT2D eigenvalue weighted by Gasteiger charge is 2.34. The summed E-state index contributed by atoms with van der Waals surface area (Å²) in [5.74, 6) is -4.62. The quantitative estimate of drug-likeness (QED) is 0.0528. The Hall–Kier alpha value is -1.72. The Balaban J connectivity index is 4.76. The van der Waals surface area contributed by atoms with E-state index in [9.17, 15) is 19.2 Å². The predicted molar refractivity (Wildman–Crippen MR) is 153 cm³/mol. The molecule has 6 nitrogen and oxygen atoms in total. The van der Waals surface area contributed by atoms with Crippen molar-refractivity contribution in [3.05, 3.63) is 0 Å². The molecule has 0 saturated heterocycles. The van der Waals surface area contributed by atoms with Gasteiger partial charge in [-0.05, 0) is 12.8 Å². The van der Waals surface area contributed by atoms with E-state index in [-0.39, 0.29) is 23.4 Å². The Kier molecular flexibility index (Phi) is 22.1. The lowest BCUT2D eigenvalue weighted by molar-refractivity contribution is -0.264. The van der Waals surface area contributed by atoms with Crippen molar-refractivity contribution in [3.63, 3.8) is 0 Å². The van der Waals surface area contributed by atoms with Crippen LogP contribution in [-0.4, -0.2) is 23.5 Å². The molecule has 0 bridgehead atoms. The van der Waals surface area contributed by atoms with Crippen LogP contribution in [0, 0.1) is 23.7 Å². The molecule has 0 aromatic rings. The number of unbranched alkanes of at least 4 members (excludes halogenated alkanes) is 14. The molecule has 0 aromatic carbocycles. The predicted octanol–water partition coefficient (Wildman–Crippen LogP) is 8.73. The van der Waals surface area contributed by atoms with Crippen molar-refractivity contribution in [2.45, 2.75) is 157 Å². The molecule has 0 radical (unpaired) electrons. The largest absolute Gasteiger partial charge is 0.365 e. The molecule has 0 heterocycles. The van der Waals surface area contributed by atoms with E-state index >= 15 is 0 Å². The van der Waals surface area contributed by atoms with Crippen LogP contribution in [-0.2, 0) is 29.0 Å². The van der Waals surface area contributed by atoms with Crippen LogP contribution in [0.5, 0.6) is 0 Å². The maximum Gasteiger partial charge on any atom is 0.365 e. The summed E-state index contributed by atoms with van der Waals surface area (Å²) in [4.78, 5) is 60.7. The Morgan fingerprint density at radius 2 is 0.711 bits per heavy atom. The van der Waals surface area contributed by atoms with Gasteiger partial charge in [-0.2, -0.15) is 0 Å². The first kappa shape index (κ1) is 36.3. The molecule has 38 heavy (non-hydrogen) atoms. The molecule has 0 N–H and O–H groups in total. The van der Waals surface area contributed by atoms with Gasteiger partial charge in [-0.3, -0.25) is 9.59 Å². The molecule has 2 atom stereocenters. The van der Waals surface area contributed by atoms with Crippen molar-refractivity contribution in [1.29, 1.82) is 0 Å². The Morgan fingerprint density at radius 3 is 0.974 bits per heavy atom. The van der Waals surface area contributed by atoms with Gasteiger partial charge in [-0.15, -0.1) is 0 Å². The number of carbonyl (C=O) groups excluding carboxylic acids is 4. The second-order valence-electron chi connectivity index (χ2n) is 11.6. The molecule has 0 spiro atoms. The van der Waals surface area contributed by atoms with E-state index in [0.717, 1.165) is 51.4 Å². The number of hydrogen-bond donors (Lipinski definition) is 0. The van der Waals surface area contributed by atoms with Crippen molar-refractivity contribution < 1.29 is 29.0 Å². The molecular weight excluding hydrogens is 480 g/mol. The van der Waals surface area contributed by atoms with Gasteiger partial charge in [0.25, 0.3) is 0 Å². The van der Waals surface area contributed by atoms with Gasteiger partial charge in [-0.25, -0.2) is 19.4 Å². The lowest BCUT2D eigenvalue weighted by atomic mass is 9.90. The zero-order valence-electron chi connectivity index (χ0n) is 25.5. The molecule has 0 aliphatic heterocycles. The van der Waals surface area contributed by atoms with Gasteiger partial charge in [-0.1, -0.05) is 144 Å². The Morgan fingerprint density at radius 1 is 0.447 bits per heavy atom. The van der Waals surface area contributed by atoms with Crippen LogP contribution in [0.2, 0.25) is 0 Å². The fraction of sp³-hybridized carbons (Fsp3) is 0.875. The summed E-state index contributed by atoms with van der Waals surface area (Å²) in [6.07, 6.45) is 18.5. The summed E-state index contributed by atoms with van der Waals surface area (Å²) >= 11 is 0. The fourth-order valence-electron chi connectivity index (χ4n) is 4.72. The minimum absolute atomic E-state index is 0.206. The van der Waals surface area contributed by atoms with E-state index in [1.807, 2.05) is 0 Å². The highest BCUT2D eigenvalue weighted by Crippen LogP contribution is 2.21. The average molecular weight is 539 g/mol. The molecule has 222 valence electrons. The zero-order valence-corrected chi connectivity index (χ0v) is 25.5. The summed E-state index contributed by atoms with van der Waals surface area (Å²) in [5.41, 5.74) is 0. The summed E-state index contributed by atoms with van der Waals surface area (Å²) in [6, 6.07) is 0. The Labute approximate surface area is 233 Å². The topological polar surface area (TPSA) is 86.7 Å². The van der Waals surface area contributed by atoms with Crippen molar-refractivity contribution in [2.75, 3.05) is 0 Å². The maximum absolute atomic E-state index is 12.8. The van der Waals surface area contributed by atoms with Crippen LogP contribution in [0.25, 0.3) is 0 Å².